The Hall–Kier alpha value is -5.33. The Morgan fingerprint density at radius 1 is 0.911 bits per heavy atom. The summed E-state index contributed by atoms with van der Waals surface area (Å²) in [6.45, 7) is 13.4. The quantitative estimate of drug-likeness (QED) is 0.132. The number of esters is 2. The Labute approximate surface area is 332 Å². The number of anilines is 2. The first-order chi connectivity index (χ1) is 27.0. The number of carbonyl (C=O) groups is 3. The highest BCUT2D eigenvalue weighted by Crippen LogP contribution is 2.36. The van der Waals surface area contributed by atoms with Gasteiger partial charge in [0.05, 0.1) is 30.0 Å². The summed E-state index contributed by atoms with van der Waals surface area (Å²) in [5.41, 5.74) is 5.36. The number of likely N-dealkylation sites (tertiary alicyclic amines) is 1. The number of nitrogens with one attached hydrogen (secondary N) is 1. The molecule has 4 heterocycles. The van der Waals surface area contributed by atoms with Gasteiger partial charge in [0.15, 0.2) is 10.8 Å². The fourth-order valence-electron chi connectivity index (χ4n) is 7.37. The van der Waals surface area contributed by atoms with Gasteiger partial charge in [-0.05, 0) is 132 Å². The number of fused-ring (bicyclic) bond motifs is 2. The Morgan fingerprint density at radius 3 is 2.46 bits per heavy atom. The van der Waals surface area contributed by atoms with E-state index in [0.717, 1.165) is 64.2 Å². The second-order valence-electron chi connectivity index (χ2n) is 15.4. The van der Waals surface area contributed by atoms with Gasteiger partial charge in [0.2, 0.25) is 0 Å². The number of hydrogen-bond acceptors (Lipinski definition) is 11. The van der Waals surface area contributed by atoms with Crippen molar-refractivity contribution < 1.29 is 28.6 Å². The van der Waals surface area contributed by atoms with E-state index in [1.165, 1.54) is 11.3 Å². The molecule has 0 radical (unpaired) electrons. The second kappa shape index (κ2) is 16.8. The maximum Gasteiger partial charge on any atom is 0.358 e. The molecule has 0 unspecified atom stereocenters. The van der Waals surface area contributed by atoms with E-state index in [1.807, 2.05) is 101 Å². The number of nitrogens with zero attached hydrogens (tertiary/aromatic N) is 4. The SMILES string of the molecule is CCOC(=O)CN1CCC(COc2cccc(-c3ccc(N4CCc5cccc(C(=O)Nc6nc7ccccc7s6)c5C4)nc3C(=O)OC(C)(C)C)c2C)CC1. The third-order valence-electron chi connectivity index (χ3n) is 10.2. The number of para-hydroxylation sites is 1. The summed E-state index contributed by atoms with van der Waals surface area (Å²) in [4.78, 5) is 53.4. The number of rotatable bonds is 11. The Bertz CT molecular complexity index is 2210. The van der Waals surface area contributed by atoms with Crippen LogP contribution in [0, 0.1) is 12.8 Å². The lowest BCUT2D eigenvalue weighted by Crippen LogP contribution is -2.39. The predicted octanol–water partition coefficient (Wildman–Crippen LogP) is 8.09. The third-order valence-corrected chi connectivity index (χ3v) is 11.2. The van der Waals surface area contributed by atoms with Crippen LogP contribution in [0.4, 0.5) is 10.9 Å². The summed E-state index contributed by atoms with van der Waals surface area (Å²) in [5, 5.41) is 3.57. The van der Waals surface area contributed by atoms with Crippen LogP contribution in [0.15, 0.2) is 72.8 Å². The molecular formula is C44H49N5O6S. The number of aromatic nitrogens is 2. The van der Waals surface area contributed by atoms with Crippen LogP contribution >= 0.6 is 11.3 Å². The summed E-state index contributed by atoms with van der Waals surface area (Å²) in [6, 6.07) is 23.4. The summed E-state index contributed by atoms with van der Waals surface area (Å²) < 4.78 is 18.5. The van der Waals surface area contributed by atoms with Crippen LogP contribution in [-0.4, -0.2) is 77.7 Å². The van der Waals surface area contributed by atoms with Crippen molar-refractivity contribution in [1.82, 2.24) is 14.9 Å². The number of hydrogen-bond donors (Lipinski definition) is 1. The van der Waals surface area contributed by atoms with E-state index < -0.39 is 11.6 Å². The molecule has 5 aromatic rings. The van der Waals surface area contributed by atoms with E-state index in [-0.39, 0.29) is 17.6 Å². The molecule has 12 heteroatoms. The Balaban J connectivity index is 1.10. The molecule has 2 aliphatic heterocycles. The zero-order valence-corrected chi connectivity index (χ0v) is 33.5. The van der Waals surface area contributed by atoms with E-state index in [9.17, 15) is 14.4 Å². The summed E-state index contributed by atoms with van der Waals surface area (Å²) >= 11 is 1.45. The first-order valence-electron chi connectivity index (χ1n) is 19.3. The van der Waals surface area contributed by atoms with Gasteiger partial charge in [0, 0.05) is 24.2 Å². The van der Waals surface area contributed by atoms with Crippen molar-refractivity contribution in [2.75, 3.05) is 49.6 Å². The first kappa shape index (κ1) is 38.9. The van der Waals surface area contributed by atoms with E-state index in [0.29, 0.717) is 67.3 Å². The lowest BCUT2D eigenvalue weighted by atomic mass is 9.94. The molecule has 56 heavy (non-hydrogen) atoms. The van der Waals surface area contributed by atoms with E-state index in [1.54, 1.807) is 0 Å². The van der Waals surface area contributed by atoms with Gasteiger partial charge in [-0.1, -0.05) is 47.7 Å². The Kier molecular flexibility index (Phi) is 11.7. The first-order valence-corrected chi connectivity index (χ1v) is 20.1. The lowest BCUT2D eigenvalue weighted by molar-refractivity contribution is -0.144. The highest BCUT2D eigenvalue weighted by molar-refractivity contribution is 7.22. The molecule has 1 saturated heterocycles. The highest BCUT2D eigenvalue weighted by atomic mass is 32.1. The minimum atomic E-state index is -0.729. The van der Waals surface area contributed by atoms with Crippen molar-refractivity contribution in [3.8, 4) is 16.9 Å². The van der Waals surface area contributed by atoms with Crippen LogP contribution in [0.3, 0.4) is 0 Å². The molecule has 1 N–H and O–H groups in total. The van der Waals surface area contributed by atoms with Crippen LogP contribution in [-0.2, 0) is 27.2 Å². The molecule has 2 aliphatic rings. The average Bonchev–Trinajstić information content (AvgIpc) is 3.59. The molecule has 7 rings (SSSR count). The number of ether oxygens (including phenoxy) is 3. The van der Waals surface area contributed by atoms with Gasteiger partial charge in [-0.2, -0.15) is 0 Å². The fourth-order valence-corrected chi connectivity index (χ4v) is 8.24. The van der Waals surface area contributed by atoms with Crippen molar-refractivity contribution in [3.63, 3.8) is 0 Å². The zero-order chi connectivity index (χ0) is 39.4. The third kappa shape index (κ3) is 9.03. The zero-order valence-electron chi connectivity index (χ0n) is 32.7. The summed E-state index contributed by atoms with van der Waals surface area (Å²) in [6.07, 6.45) is 2.58. The molecule has 0 atom stereocenters. The van der Waals surface area contributed by atoms with Gasteiger partial charge in [0.1, 0.15) is 17.2 Å². The summed E-state index contributed by atoms with van der Waals surface area (Å²) in [5.74, 6) is 0.838. The number of benzene rings is 3. The van der Waals surface area contributed by atoms with Gasteiger partial charge in [-0.25, -0.2) is 14.8 Å². The molecule has 0 saturated carbocycles. The molecule has 2 aromatic heterocycles. The Morgan fingerprint density at radius 2 is 1.70 bits per heavy atom. The van der Waals surface area contributed by atoms with Crippen molar-refractivity contribution in [2.45, 2.75) is 66.0 Å². The molecule has 1 amide bonds. The molecule has 3 aromatic carbocycles. The van der Waals surface area contributed by atoms with Gasteiger partial charge >= 0.3 is 11.9 Å². The van der Waals surface area contributed by atoms with Gasteiger partial charge in [0.25, 0.3) is 5.91 Å². The van der Waals surface area contributed by atoms with Crippen LogP contribution in [0.1, 0.15) is 78.1 Å². The molecule has 1 fully saturated rings. The standard InChI is InChI=1S/C44H49N5O6S/c1-6-53-39(50)26-48-22-19-29(20-23-48)27-54-36-15-10-12-31(28(36)2)32-17-18-38(46-40(32)42(52)55-44(3,4)5)49-24-21-30-11-9-13-33(34(30)25-49)41(51)47-43-45-35-14-7-8-16-37(35)56-43/h7-18,29H,6,19-27H2,1-5H3,(H,45,47,51). The minimum absolute atomic E-state index is 0.181. The maximum atomic E-state index is 13.9. The number of carbonyl (C=O) groups excluding carboxylic acids is 3. The molecule has 0 spiro atoms. The fraction of sp³-hybridized carbons (Fsp3) is 0.386. The molecule has 0 bridgehead atoms. The lowest BCUT2D eigenvalue weighted by Gasteiger charge is -2.31. The number of amides is 1. The van der Waals surface area contributed by atoms with Crippen LogP contribution in [0.2, 0.25) is 0 Å². The minimum Gasteiger partial charge on any atom is -0.493 e. The van der Waals surface area contributed by atoms with Crippen molar-refractivity contribution in [1.29, 1.82) is 0 Å². The largest absolute Gasteiger partial charge is 0.493 e. The number of pyridine rings is 1. The molecule has 0 aliphatic carbocycles. The van der Waals surface area contributed by atoms with Gasteiger partial charge in [-0.15, -0.1) is 0 Å². The van der Waals surface area contributed by atoms with E-state index in [2.05, 4.69) is 26.2 Å². The van der Waals surface area contributed by atoms with E-state index >= 15 is 0 Å². The van der Waals surface area contributed by atoms with Crippen LogP contribution in [0.5, 0.6) is 5.75 Å². The monoisotopic (exact) mass is 775 g/mol. The van der Waals surface area contributed by atoms with Crippen molar-refractivity contribution >= 4 is 50.3 Å². The second-order valence-corrected chi connectivity index (χ2v) is 16.4. The van der Waals surface area contributed by atoms with Gasteiger partial charge < -0.3 is 19.1 Å². The normalized spacial score (nSPS) is 15.0. The van der Waals surface area contributed by atoms with Crippen LogP contribution in [0.25, 0.3) is 21.3 Å². The van der Waals surface area contributed by atoms with E-state index in [4.69, 9.17) is 19.2 Å². The highest BCUT2D eigenvalue weighted by Gasteiger charge is 2.28. The topological polar surface area (TPSA) is 123 Å². The predicted molar refractivity (Wildman–Crippen MR) is 220 cm³/mol. The average molecular weight is 776 g/mol. The van der Waals surface area contributed by atoms with Crippen LogP contribution < -0.4 is 15.0 Å². The maximum absolute atomic E-state index is 13.9. The van der Waals surface area contributed by atoms with Crippen molar-refractivity contribution in [2.24, 2.45) is 5.92 Å². The molecule has 292 valence electrons. The molecular weight excluding hydrogens is 727 g/mol. The molecule has 11 nitrogen and oxygen atoms in total. The summed E-state index contributed by atoms with van der Waals surface area (Å²) in [7, 11) is 0. The van der Waals surface area contributed by atoms with Gasteiger partial charge in [-0.3, -0.25) is 19.8 Å². The smallest absolute Gasteiger partial charge is 0.358 e. The number of piperidine rings is 1. The number of thiazole rings is 1. The van der Waals surface area contributed by atoms with Crippen molar-refractivity contribution in [3.05, 3.63) is 101 Å².